The largest absolute Gasteiger partial charge is 0.497 e. The van der Waals surface area contributed by atoms with E-state index >= 15 is 0 Å². The van der Waals surface area contributed by atoms with Crippen molar-refractivity contribution < 1.29 is 14.3 Å². The molecular weight excluding hydrogens is 326 g/mol. The van der Waals surface area contributed by atoms with E-state index in [0.29, 0.717) is 24.4 Å². The van der Waals surface area contributed by atoms with Gasteiger partial charge in [-0.3, -0.25) is 4.79 Å². The van der Waals surface area contributed by atoms with Crippen molar-refractivity contribution in [1.29, 1.82) is 0 Å². The highest BCUT2D eigenvalue weighted by atomic mass is 35.5. The molecule has 4 nitrogen and oxygen atoms in total. The van der Waals surface area contributed by atoms with Gasteiger partial charge < -0.3 is 14.8 Å². The summed E-state index contributed by atoms with van der Waals surface area (Å²) in [5.41, 5.74) is 2.01. The maximum atomic E-state index is 12.1. The smallest absolute Gasteiger partial charge is 0.220 e. The maximum Gasteiger partial charge on any atom is 0.220 e. The van der Waals surface area contributed by atoms with Gasteiger partial charge in [0.2, 0.25) is 5.91 Å². The Bertz CT molecular complexity index is 675. The van der Waals surface area contributed by atoms with Crippen molar-refractivity contribution in [2.24, 2.45) is 0 Å². The van der Waals surface area contributed by atoms with E-state index in [4.69, 9.17) is 21.1 Å². The molecule has 0 aliphatic rings. The lowest BCUT2D eigenvalue weighted by Crippen LogP contribution is -2.29. The van der Waals surface area contributed by atoms with Gasteiger partial charge in [-0.1, -0.05) is 35.9 Å². The predicted molar refractivity (Wildman–Crippen MR) is 95.5 cm³/mol. The van der Waals surface area contributed by atoms with E-state index in [1.807, 2.05) is 48.5 Å². The summed E-state index contributed by atoms with van der Waals surface area (Å²) >= 11 is 5.95. The van der Waals surface area contributed by atoms with E-state index in [9.17, 15) is 4.79 Å². The Morgan fingerprint density at radius 3 is 2.67 bits per heavy atom. The SMILES string of the molecule is COc1cccc(C(CNC(=O)CCc2cccc(Cl)c2)OC)c1. The molecule has 5 heteroatoms. The molecule has 2 aromatic rings. The van der Waals surface area contributed by atoms with Crippen LogP contribution in [-0.4, -0.2) is 26.7 Å². The molecular formula is C19H22ClNO3. The summed E-state index contributed by atoms with van der Waals surface area (Å²) in [6.07, 6.45) is 0.855. The van der Waals surface area contributed by atoms with Crippen molar-refractivity contribution in [1.82, 2.24) is 5.32 Å². The van der Waals surface area contributed by atoms with Gasteiger partial charge in [0, 0.05) is 25.1 Å². The normalized spacial score (nSPS) is 11.8. The summed E-state index contributed by atoms with van der Waals surface area (Å²) < 4.78 is 10.7. The zero-order valence-corrected chi connectivity index (χ0v) is 14.7. The molecule has 1 N–H and O–H groups in total. The van der Waals surface area contributed by atoms with E-state index in [1.54, 1.807) is 14.2 Å². The number of methoxy groups -OCH3 is 2. The van der Waals surface area contributed by atoms with Gasteiger partial charge in [0.05, 0.1) is 13.2 Å². The number of nitrogens with one attached hydrogen (secondary N) is 1. The Hall–Kier alpha value is -2.04. The highest BCUT2D eigenvalue weighted by Gasteiger charge is 2.13. The first-order valence-electron chi connectivity index (χ1n) is 7.80. The summed E-state index contributed by atoms with van der Waals surface area (Å²) in [4.78, 5) is 12.1. The number of halogens is 1. The number of ether oxygens (including phenoxy) is 2. The minimum Gasteiger partial charge on any atom is -0.497 e. The first-order chi connectivity index (χ1) is 11.6. The summed E-state index contributed by atoms with van der Waals surface area (Å²) in [5.74, 6) is 0.752. The van der Waals surface area contributed by atoms with Crippen LogP contribution in [0.2, 0.25) is 5.02 Å². The second-order valence-corrected chi connectivity index (χ2v) is 5.87. The number of hydrogen-bond donors (Lipinski definition) is 1. The van der Waals surface area contributed by atoms with Gasteiger partial charge in [-0.15, -0.1) is 0 Å². The molecule has 1 unspecified atom stereocenters. The summed E-state index contributed by atoms with van der Waals surface area (Å²) in [6.45, 7) is 0.415. The van der Waals surface area contributed by atoms with Gasteiger partial charge >= 0.3 is 0 Å². The third-order valence-corrected chi connectivity index (χ3v) is 4.00. The highest BCUT2D eigenvalue weighted by molar-refractivity contribution is 6.30. The summed E-state index contributed by atoms with van der Waals surface area (Å²) in [5, 5.41) is 3.60. The zero-order chi connectivity index (χ0) is 17.4. The van der Waals surface area contributed by atoms with Crippen LogP contribution in [0.3, 0.4) is 0 Å². The molecule has 0 bridgehead atoms. The van der Waals surface area contributed by atoms with E-state index in [1.165, 1.54) is 0 Å². The van der Waals surface area contributed by atoms with Gasteiger partial charge in [-0.2, -0.15) is 0 Å². The monoisotopic (exact) mass is 347 g/mol. The van der Waals surface area contributed by atoms with Gasteiger partial charge in [0.1, 0.15) is 5.75 Å². The number of amides is 1. The van der Waals surface area contributed by atoms with Gasteiger partial charge in [0.15, 0.2) is 0 Å². The minimum atomic E-state index is -0.213. The van der Waals surface area contributed by atoms with Crippen molar-refractivity contribution in [2.45, 2.75) is 18.9 Å². The highest BCUT2D eigenvalue weighted by Crippen LogP contribution is 2.21. The Morgan fingerprint density at radius 2 is 1.96 bits per heavy atom. The van der Waals surface area contributed by atoms with Crippen LogP contribution in [0, 0.1) is 0 Å². The molecule has 0 heterocycles. The molecule has 0 aromatic heterocycles. The minimum absolute atomic E-state index is 0.0140. The first kappa shape index (κ1) is 18.3. The Kier molecular flexibility index (Phi) is 7.09. The van der Waals surface area contributed by atoms with Gasteiger partial charge in [-0.25, -0.2) is 0 Å². The van der Waals surface area contributed by atoms with Crippen molar-refractivity contribution in [3.63, 3.8) is 0 Å². The van der Waals surface area contributed by atoms with E-state index < -0.39 is 0 Å². The number of carbonyl (C=O) groups excluding carboxylic acids is 1. The van der Waals surface area contributed by atoms with Gasteiger partial charge in [0.25, 0.3) is 0 Å². The summed E-state index contributed by atoms with van der Waals surface area (Å²) in [6, 6.07) is 15.2. The second kappa shape index (κ2) is 9.30. The number of rotatable bonds is 8. The van der Waals surface area contributed by atoms with Crippen LogP contribution in [0.4, 0.5) is 0 Å². The van der Waals surface area contributed by atoms with Gasteiger partial charge in [-0.05, 0) is 41.8 Å². The molecule has 128 valence electrons. The lowest BCUT2D eigenvalue weighted by molar-refractivity contribution is -0.121. The van der Waals surface area contributed by atoms with Crippen LogP contribution in [-0.2, 0) is 16.0 Å². The molecule has 0 saturated heterocycles. The van der Waals surface area contributed by atoms with Crippen molar-refractivity contribution in [2.75, 3.05) is 20.8 Å². The average Bonchev–Trinajstić information content (AvgIpc) is 2.61. The van der Waals surface area contributed by atoms with Crippen LogP contribution >= 0.6 is 11.6 Å². The zero-order valence-electron chi connectivity index (χ0n) is 13.9. The van der Waals surface area contributed by atoms with Crippen LogP contribution in [0.5, 0.6) is 5.75 Å². The fraction of sp³-hybridized carbons (Fsp3) is 0.316. The third-order valence-electron chi connectivity index (χ3n) is 3.76. The van der Waals surface area contributed by atoms with E-state index in [-0.39, 0.29) is 12.0 Å². The van der Waals surface area contributed by atoms with Crippen LogP contribution in [0.1, 0.15) is 23.7 Å². The van der Waals surface area contributed by atoms with Crippen molar-refractivity contribution in [3.05, 3.63) is 64.7 Å². The molecule has 1 atom stereocenters. The molecule has 0 radical (unpaired) electrons. The topological polar surface area (TPSA) is 47.6 Å². The molecule has 1 amide bonds. The summed E-state index contributed by atoms with van der Waals surface area (Å²) in [7, 11) is 3.25. The average molecular weight is 348 g/mol. The van der Waals surface area contributed by atoms with Crippen LogP contribution < -0.4 is 10.1 Å². The third kappa shape index (κ3) is 5.55. The molecule has 0 aliphatic heterocycles. The molecule has 0 fully saturated rings. The quantitative estimate of drug-likeness (QED) is 0.790. The number of benzene rings is 2. The Labute approximate surface area is 147 Å². The van der Waals surface area contributed by atoms with Crippen molar-refractivity contribution >= 4 is 17.5 Å². The molecule has 0 aliphatic carbocycles. The predicted octanol–water partition coefficient (Wildman–Crippen LogP) is 3.79. The standard InChI is InChI=1S/C19H22ClNO3/c1-23-17-8-4-6-15(12-17)18(24-2)13-21-19(22)10-9-14-5-3-7-16(20)11-14/h3-8,11-12,18H,9-10,13H2,1-2H3,(H,21,22). The molecule has 0 saturated carbocycles. The number of aryl methyl sites for hydroxylation is 1. The maximum absolute atomic E-state index is 12.1. The molecule has 2 rings (SSSR count). The van der Waals surface area contributed by atoms with Crippen molar-refractivity contribution in [3.8, 4) is 5.75 Å². The van der Waals surface area contributed by atoms with Crippen LogP contribution in [0.15, 0.2) is 48.5 Å². The Morgan fingerprint density at radius 1 is 1.17 bits per heavy atom. The molecule has 2 aromatic carbocycles. The number of hydrogen-bond acceptors (Lipinski definition) is 3. The number of carbonyl (C=O) groups is 1. The molecule has 0 spiro atoms. The molecule has 24 heavy (non-hydrogen) atoms. The van der Waals surface area contributed by atoms with Crippen LogP contribution in [0.25, 0.3) is 0 Å². The second-order valence-electron chi connectivity index (χ2n) is 5.43. The Balaban J connectivity index is 1.84. The fourth-order valence-electron chi connectivity index (χ4n) is 2.42. The lowest BCUT2D eigenvalue weighted by Gasteiger charge is -2.17. The fourth-order valence-corrected chi connectivity index (χ4v) is 2.64. The van der Waals surface area contributed by atoms with E-state index in [0.717, 1.165) is 16.9 Å². The lowest BCUT2D eigenvalue weighted by atomic mass is 10.1. The van der Waals surface area contributed by atoms with E-state index in [2.05, 4.69) is 5.32 Å². The first-order valence-corrected chi connectivity index (χ1v) is 8.18.